The van der Waals surface area contributed by atoms with E-state index in [9.17, 15) is 9.59 Å². The van der Waals surface area contributed by atoms with Crippen molar-refractivity contribution in [3.8, 4) is 17.7 Å². The number of nitrogens with one attached hydrogen (secondary N) is 1. The van der Waals surface area contributed by atoms with Crippen molar-refractivity contribution in [2.24, 2.45) is 0 Å². The summed E-state index contributed by atoms with van der Waals surface area (Å²) < 4.78 is 19.5. The zero-order chi connectivity index (χ0) is 28.3. The fraction of sp³-hybridized carbons (Fsp3) is 0.250. The summed E-state index contributed by atoms with van der Waals surface area (Å²) in [6, 6.07) is 20.7. The second-order valence-corrected chi connectivity index (χ2v) is 9.94. The van der Waals surface area contributed by atoms with Gasteiger partial charge in [0.15, 0.2) is 5.79 Å². The molecule has 40 heavy (non-hydrogen) atoms. The van der Waals surface area contributed by atoms with Gasteiger partial charge in [0.25, 0.3) is 0 Å². The van der Waals surface area contributed by atoms with Gasteiger partial charge in [0, 0.05) is 16.8 Å². The molecule has 0 spiro atoms. The Morgan fingerprint density at radius 3 is 2.50 bits per heavy atom. The number of hydrogen-bond donors (Lipinski definition) is 1. The third-order valence-corrected chi connectivity index (χ3v) is 6.28. The fourth-order valence-corrected chi connectivity index (χ4v) is 4.27. The highest BCUT2D eigenvalue weighted by molar-refractivity contribution is 6.30. The molecular weight excluding hydrogens is 536 g/mol. The number of nitriles is 1. The van der Waals surface area contributed by atoms with E-state index in [0.717, 1.165) is 10.1 Å². The normalized spacial score (nSPS) is 15.9. The lowest BCUT2D eigenvalue weighted by molar-refractivity contribution is -0.139. The minimum atomic E-state index is -0.796. The number of nitrogens with zero attached hydrogens (tertiary/aromatic N) is 5. The summed E-state index contributed by atoms with van der Waals surface area (Å²) in [6.45, 7) is 3.94. The van der Waals surface area contributed by atoms with Crippen LogP contribution in [0.15, 0.2) is 76.3 Å². The van der Waals surface area contributed by atoms with E-state index in [1.165, 1.54) is 4.57 Å². The summed E-state index contributed by atoms with van der Waals surface area (Å²) in [5, 5.41) is 12.7. The Kier molecular flexibility index (Phi) is 7.66. The number of benzene rings is 2. The third kappa shape index (κ3) is 6.38. The second-order valence-electron chi connectivity index (χ2n) is 9.50. The van der Waals surface area contributed by atoms with Gasteiger partial charge in [-0.1, -0.05) is 29.8 Å². The molecule has 1 N–H and O–H groups in total. The van der Waals surface area contributed by atoms with E-state index >= 15 is 0 Å². The minimum absolute atomic E-state index is 0.00205. The number of halogens is 1. The Morgan fingerprint density at radius 2 is 1.82 bits per heavy atom. The van der Waals surface area contributed by atoms with Crippen LogP contribution < -0.4 is 21.4 Å². The average Bonchev–Trinajstić information content (AvgIpc) is 3.29. The lowest BCUT2D eigenvalue weighted by Gasteiger charge is -2.19. The van der Waals surface area contributed by atoms with Crippen LogP contribution in [0.4, 0.5) is 11.6 Å². The molecule has 3 heterocycles. The van der Waals surface area contributed by atoms with Gasteiger partial charge < -0.3 is 19.5 Å². The van der Waals surface area contributed by atoms with Gasteiger partial charge in [-0.2, -0.15) is 10.2 Å². The first-order chi connectivity index (χ1) is 19.2. The molecule has 2 aromatic carbocycles. The smallest absolute Gasteiger partial charge is 0.355 e. The predicted octanol–water partition coefficient (Wildman–Crippen LogP) is 4.06. The molecule has 204 valence electrons. The summed E-state index contributed by atoms with van der Waals surface area (Å²) in [7, 11) is 0. The molecule has 0 saturated carbocycles. The monoisotopic (exact) mass is 560 g/mol. The Hall–Kier alpha value is -4.50. The molecule has 0 unspecified atom stereocenters. The number of rotatable bonds is 8. The van der Waals surface area contributed by atoms with E-state index in [0.29, 0.717) is 16.5 Å². The molecule has 1 aliphatic rings. The van der Waals surface area contributed by atoms with Crippen molar-refractivity contribution >= 4 is 23.2 Å². The molecule has 1 saturated heterocycles. The molecule has 0 aliphatic carbocycles. The molecule has 1 fully saturated rings. The number of ether oxygens (including phenoxy) is 3. The zero-order valence-corrected chi connectivity index (χ0v) is 22.5. The Morgan fingerprint density at radius 1 is 1.07 bits per heavy atom. The second kappa shape index (κ2) is 11.3. The maximum atomic E-state index is 13.6. The largest absolute Gasteiger partial charge is 0.439 e. The summed E-state index contributed by atoms with van der Waals surface area (Å²) in [6.07, 6.45) is -0.471. The van der Waals surface area contributed by atoms with Crippen LogP contribution in [0.25, 0.3) is 0 Å². The number of aromatic nitrogens is 4. The molecule has 5 rings (SSSR count). The van der Waals surface area contributed by atoms with Crippen molar-refractivity contribution in [3.63, 3.8) is 0 Å². The Labute approximate surface area is 234 Å². The van der Waals surface area contributed by atoms with Crippen molar-refractivity contribution in [1.29, 1.82) is 5.26 Å². The molecule has 0 amide bonds. The molecule has 2 aromatic heterocycles. The van der Waals surface area contributed by atoms with Gasteiger partial charge in [0.05, 0.1) is 19.7 Å². The van der Waals surface area contributed by atoms with Gasteiger partial charge in [-0.15, -0.1) is 0 Å². The van der Waals surface area contributed by atoms with E-state index in [1.54, 1.807) is 80.6 Å². The molecule has 1 aliphatic heterocycles. The summed E-state index contributed by atoms with van der Waals surface area (Å²) in [4.78, 5) is 34.9. The third-order valence-electron chi connectivity index (χ3n) is 6.03. The predicted molar refractivity (Wildman–Crippen MR) is 147 cm³/mol. The molecule has 1 atom stereocenters. The van der Waals surface area contributed by atoms with Gasteiger partial charge in [-0.05, 0) is 61.9 Å². The van der Waals surface area contributed by atoms with Crippen molar-refractivity contribution in [2.45, 2.75) is 38.8 Å². The van der Waals surface area contributed by atoms with Crippen LogP contribution in [0.2, 0.25) is 5.02 Å². The van der Waals surface area contributed by atoms with Gasteiger partial charge >= 0.3 is 11.4 Å². The lowest BCUT2D eigenvalue weighted by atomic mass is 10.2. The van der Waals surface area contributed by atoms with Gasteiger partial charge in [-0.3, -0.25) is 4.57 Å². The summed E-state index contributed by atoms with van der Waals surface area (Å²) in [5.41, 5.74) is 0.338. The van der Waals surface area contributed by atoms with E-state index in [-0.39, 0.29) is 37.2 Å². The van der Waals surface area contributed by atoms with Gasteiger partial charge in [-0.25, -0.2) is 19.1 Å². The average molecular weight is 561 g/mol. The van der Waals surface area contributed by atoms with E-state index in [2.05, 4.69) is 15.3 Å². The minimum Gasteiger partial charge on any atom is -0.439 e. The first-order valence-electron chi connectivity index (χ1n) is 12.4. The SMILES string of the molecule is CC1(C)OC[C@H](Cn2c(=O)nc(Nc3ccc(Oc4cccc(C#N)n4)cc3)n(Cc3ccc(Cl)cc3)c2=O)O1. The van der Waals surface area contributed by atoms with Crippen molar-refractivity contribution in [1.82, 2.24) is 19.1 Å². The highest BCUT2D eigenvalue weighted by Gasteiger charge is 2.33. The van der Waals surface area contributed by atoms with Crippen LogP contribution in [0, 0.1) is 11.3 Å². The van der Waals surface area contributed by atoms with Crippen molar-refractivity contribution in [3.05, 3.63) is 104 Å². The van der Waals surface area contributed by atoms with Crippen LogP contribution in [0.3, 0.4) is 0 Å². The first-order valence-corrected chi connectivity index (χ1v) is 12.8. The van der Waals surface area contributed by atoms with Crippen LogP contribution in [-0.2, 0) is 22.6 Å². The quantitative estimate of drug-likeness (QED) is 0.338. The fourth-order valence-electron chi connectivity index (χ4n) is 4.14. The van der Waals surface area contributed by atoms with Gasteiger partial charge in [0.1, 0.15) is 23.6 Å². The molecule has 12 heteroatoms. The van der Waals surface area contributed by atoms with Crippen molar-refractivity contribution < 1.29 is 14.2 Å². The molecule has 11 nitrogen and oxygen atoms in total. The zero-order valence-electron chi connectivity index (χ0n) is 21.7. The van der Waals surface area contributed by atoms with E-state index < -0.39 is 23.3 Å². The number of pyridine rings is 1. The van der Waals surface area contributed by atoms with E-state index in [1.807, 2.05) is 6.07 Å². The van der Waals surface area contributed by atoms with Crippen LogP contribution >= 0.6 is 11.6 Å². The highest BCUT2D eigenvalue weighted by Crippen LogP contribution is 2.24. The molecule has 0 bridgehead atoms. The number of anilines is 2. The maximum absolute atomic E-state index is 13.6. The maximum Gasteiger partial charge on any atom is 0.355 e. The lowest BCUT2D eigenvalue weighted by Crippen LogP contribution is -2.45. The highest BCUT2D eigenvalue weighted by atomic mass is 35.5. The number of hydrogen-bond acceptors (Lipinski definition) is 9. The molecule has 4 aromatic rings. The molecular formula is C28H25ClN6O5. The van der Waals surface area contributed by atoms with Gasteiger partial charge in [0.2, 0.25) is 11.8 Å². The topological polar surface area (TPSA) is 133 Å². The first kappa shape index (κ1) is 27.1. The summed E-state index contributed by atoms with van der Waals surface area (Å²) in [5.74, 6) is 0.0384. The molecule has 0 radical (unpaired) electrons. The Bertz CT molecular complexity index is 1680. The Balaban J connectivity index is 1.43. The van der Waals surface area contributed by atoms with Crippen LogP contribution in [-0.4, -0.2) is 37.6 Å². The standard InChI is InChI=1S/C28H25ClN6O5/c1-28(2)38-17-23(40-28)16-35-26(36)33-25(34(27(35)37)15-18-6-8-19(29)9-7-18)32-20-10-12-22(13-11-20)39-24-5-3-4-21(14-30)31-24/h3-13,23H,15-17H2,1-2H3,(H,32,33,36)/t23-/m0/s1. The van der Waals surface area contributed by atoms with E-state index in [4.69, 9.17) is 31.1 Å². The van der Waals surface area contributed by atoms with Crippen LogP contribution in [0.5, 0.6) is 11.6 Å². The van der Waals surface area contributed by atoms with Crippen molar-refractivity contribution in [2.75, 3.05) is 11.9 Å². The summed E-state index contributed by atoms with van der Waals surface area (Å²) >= 11 is 6.03. The van der Waals surface area contributed by atoms with Crippen LogP contribution in [0.1, 0.15) is 25.1 Å².